The van der Waals surface area contributed by atoms with Gasteiger partial charge in [-0.05, 0) is 42.3 Å². The molecular weight excluding hydrogens is 424 g/mol. The summed E-state index contributed by atoms with van der Waals surface area (Å²) < 4.78 is 5.28. The third-order valence-electron chi connectivity index (χ3n) is 5.61. The lowest BCUT2D eigenvalue weighted by atomic mass is 9.92. The first kappa shape index (κ1) is 21.8. The van der Waals surface area contributed by atoms with Crippen molar-refractivity contribution in [2.45, 2.75) is 13.0 Å². The number of carbonyl (C=O) groups excluding carboxylic acids is 2. The Hall–Kier alpha value is -4.46. The molecule has 0 spiro atoms. The summed E-state index contributed by atoms with van der Waals surface area (Å²) in [5.74, 6) is -1.53. The minimum Gasteiger partial charge on any atom is -0.507 e. The van der Waals surface area contributed by atoms with Gasteiger partial charge in [-0.2, -0.15) is 0 Å². The number of benzene rings is 3. The van der Waals surface area contributed by atoms with Crippen LogP contribution in [0.4, 0.5) is 11.4 Å². The molecule has 8 nitrogen and oxygen atoms in total. The van der Waals surface area contributed by atoms with Crippen molar-refractivity contribution in [3.8, 4) is 5.75 Å². The maximum atomic E-state index is 13.2. The van der Waals surface area contributed by atoms with Crippen LogP contribution < -0.4 is 9.64 Å². The summed E-state index contributed by atoms with van der Waals surface area (Å²) in [7, 11) is 1.50. The molecule has 1 N–H and O–H groups in total. The second kappa shape index (κ2) is 8.58. The SMILES string of the molecule is COc1cccc(N2C(=O)C(=O)/C(=C(/O)c3ccc([N+](=O)[O-])cc3)C2c2ccccc2C)c1. The number of hydrogen-bond acceptors (Lipinski definition) is 6. The number of ketones is 1. The normalized spacial score (nSPS) is 17.3. The van der Waals surface area contributed by atoms with Gasteiger partial charge in [0.05, 0.1) is 23.6 Å². The van der Waals surface area contributed by atoms with Crippen LogP contribution in [0, 0.1) is 17.0 Å². The quantitative estimate of drug-likeness (QED) is 0.203. The van der Waals surface area contributed by atoms with Gasteiger partial charge >= 0.3 is 0 Å². The average Bonchev–Trinajstić information content (AvgIpc) is 3.09. The zero-order chi connectivity index (χ0) is 23.7. The number of amides is 1. The molecule has 166 valence electrons. The lowest BCUT2D eigenvalue weighted by molar-refractivity contribution is -0.384. The molecule has 4 rings (SSSR count). The fourth-order valence-corrected chi connectivity index (χ4v) is 3.94. The summed E-state index contributed by atoms with van der Waals surface area (Å²) in [4.78, 5) is 38.1. The van der Waals surface area contributed by atoms with Gasteiger partial charge in [-0.25, -0.2) is 0 Å². The summed E-state index contributed by atoms with van der Waals surface area (Å²) in [5, 5.41) is 22.1. The Morgan fingerprint density at radius 2 is 1.73 bits per heavy atom. The summed E-state index contributed by atoms with van der Waals surface area (Å²) in [6.45, 7) is 1.85. The number of carbonyl (C=O) groups is 2. The molecule has 0 radical (unpaired) electrons. The number of aliphatic hydroxyl groups is 1. The molecule has 1 atom stereocenters. The van der Waals surface area contributed by atoms with Crippen molar-refractivity contribution in [3.63, 3.8) is 0 Å². The van der Waals surface area contributed by atoms with E-state index in [2.05, 4.69) is 0 Å². The number of nitrogens with zero attached hydrogens (tertiary/aromatic N) is 2. The highest BCUT2D eigenvalue weighted by Crippen LogP contribution is 2.43. The molecule has 3 aromatic rings. The van der Waals surface area contributed by atoms with Crippen molar-refractivity contribution in [3.05, 3.63) is 105 Å². The molecule has 33 heavy (non-hydrogen) atoms. The predicted octanol–water partition coefficient (Wildman–Crippen LogP) is 4.54. The van der Waals surface area contributed by atoms with Gasteiger partial charge in [0.25, 0.3) is 17.4 Å². The minimum atomic E-state index is -0.895. The van der Waals surface area contributed by atoms with E-state index in [0.29, 0.717) is 17.0 Å². The highest BCUT2D eigenvalue weighted by molar-refractivity contribution is 6.51. The number of aryl methyl sites for hydroxylation is 1. The molecular formula is C25H20N2O6. The Morgan fingerprint density at radius 3 is 2.36 bits per heavy atom. The minimum absolute atomic E-state index is 0.0917. The van der Waals surface area contributed by atoms with E-state index in [0.717, 1.165) is 5.56 Å². The molecule has 0 aromatic heterocycles. The highest BCUT2D eigenvalue weighted by Gasteiger charge is 2.47. The maximum Gasteiger partial charge on any atom is 0.300 e. The predicted molar refractivity (Wildman–Crippen MR) is 122 cm³/mol. The van der Waals surface area contributed by atoms with Gasteiger partial charge in [0.2, 0.25) is 0 Å². The Kier molecular flexibility index (Phi) is 5.66. The number of Topliss-reactive ketones (excluding diaryl/α,β-unsaturated/α-hetero) is 1. The van der Waals surface area contributed by atoms with E-state index in [4.69, 9.17) is 4.74 Å². The molecule has 8 heteroatoms. The smallest absolute Gasteiger partial charge is 0.300 e. The van der Waals surface area contributed by atoms with E-state index in [1.165, 1.54) is 36.3 Å². The van der Waals surface area contributed by atoms with Gasteiger partial charge in [0, 0.05) is 29.4 Å². The fraction of sp³-hybridized carbons (Fsp3) is 0.120. The van der Waals surface area contributed by atoms with Crippen LogP contribution in [-0.4, -0.2) is 28.8 Å². The van der Waals surface area contributed by atoms with E-state index < -0.39 is 28.4 Å². The molecule has 1 aliphatic heterocycles. The first-order valence-electron chi connectivity index (χ1n) is 10.1. The number of aliphatic hydroxyl groups excluding tert-OH is 1. The second-order valence-electron chi connectivity index (χ2n) is 7.53. The van der Waals surface area contributed by atoms with Crippen LogP contribution in [-0.2, 0) is 9.59 Å². The van der Waals surface area contributed by atoms with Crippen molar-refractivity contribution >= 4 is 28.8 Å². The zero-order valence-electron chi connectivity index (χ0n) is 17.9. The number of nitro benzene ring substituents is 1. The van der Waals surface area contributed by atoms with Crippen molar-refractivity contribution in [1.29, 1.82) is 0 Å². The van der Waals surface area contributed by atoms with Crippen LogP contribution >= 0.6 is 0 Å². The van der Waals surface area contributed by atoms with Gasteiger partial charge in [0.1, 0.15) is 11.5 Å². The Balaban J connectivity index is 1.94. The monoisotopic (exact) mass is 444 g/mol. The summed E-state index contributed by atoms with van der Waals surface area (Å²) in [6.07, 6.45) is 0. The number of rotatable bonds is 5. The highest BCUT2D eigenvalue weighted by atomic mass is 16.6. The zero-order valence-corrected chi connectivity index (χ0v) is 17.9. The molecule has 3 aromatic carbocycles. The third kappa shape index (κ3) is 3.82. The standard InChI is InChI=1S/C25H20N2O6/c1-15-6-3-4-9-20(15)22-21(23(28)16-10-12-17(13-11-16)27(31)32)24(29)25(30)26(22)18-7-5-8-19(14-18)33-2/h3-14,22,28H,1-2H3/b23-21+. The first-order valence-corrected chi connectivity index (χ1v) is 10.1. The number of hydrogen-bond donors (Lipinski definition) is 1. The lowest BCUT2D eigenvalue weighted by Gasteiger charge is -2.27. The number of anilines is 1. The van der Waals surface area contributed by atoms with Crippen LogP contribution in [0.25, 0.3) is 5.76 Å². The number of non-ortho nitro benzene ring substituents is 1. The van der Waals surface area contributed by atoms with Crippen LogP contribution in [0.15, 0.2) is 78.4 Å². The van der Waals surface area contributed by atoms with Crippen molar-refractivity contribution in [2.75, 3.05) is 12.0 Å². The molecule has 0 bridgehead atoms. The second-order valence-corrected chi connectivity index (χ2v) is 7.53. The summed E-state index contributed by atoms with van der Waals surface area (Å²) >= 11 is 0. The van der Waals surface area contributed by atoms with Crippen molar-refractivity contribution in [2.24, 2.45) is 0 Å². The molecule has 1 unspecified atom stereocenters. The molecule has 0 aliphatic carbocycles. The Bertz CT molecular complexity index is 1300. The molecule has 1 saturated heterocycles. The van der Waals surface area contributed by atoms with Gasteiger partial charge < -0.3 is 9.84 Å². The lowest BCUT2D eigenvalue weighted by Crippen LogP contribution is -2.29. The third-order valence-corrected chi connectivity index (χ3v) is 5.61. The summed E-state index contributed by atoms with van der Waals surface area (Å²) in [6, 6.07) is 18.3. The molecule has 1 aliphatic rings. The van der Waals surface area contributed by atoms with Crippen molar-refractivity contribution in [1.82, 2.24) is 0 Å². The van der Waals surface area contributed by atoms with Gasteiger partial charge in [-0.1, -0.05) is 30.3 Å². The first-order chi connectivity index (χ1) is 15.8. The number of ether oxygens (including phenoxy) is 1. The fourth-order valence-electron chi connectivity index (χ4n) is 3.94. The summed E-state index contributed by atoms with van der Waals surface area (Å²) in [5.41, 5.74) is 1.88. The van der Waals surface area contributed by atoms with E-state index in [-0.39, 0.29) is 16.8 Å². The van der Waals surface area contributed by atoms with E-state index in [1.807, 2.05) is 19.1 Å². The van der Waals surface area contributed by atoms with Gasteiger partial charge in [0.15, 0.2) is 0 Å². The number of nitro groups is 1. The largest absolute Gasteiger partial charge is 0.507 e. The molecule has 0 saturated carbocycles. The molecule has 1 heterocycles. The average molecular weight is 444 g/mol. The van der Waals surface area contributed by atoms with E-state index in [1.54, 1.807) is 36.4 Å². The molecule has 1 amide bonds. The molecule has 1 fully saturated rings. The van der Waals surface area contributed by atoms with Gasteiger partial charge in [-0.3, -0.25) is 24.6 Å². The topological polar surface area (TPSA) is 110 Å². The van der Waals surface area contributed by atoms with Crippen LogP contribution in [0.2, 0.25) is 0 Å². The van der Waals surface area contributed by atoms with E-state index >= 15 is 0 Å². The van der Waals surface area contributed by atoms with Gasteiger partial charge in [-0.15, -0.1) is 0 Å². The Labute approximate surface area is 189 Å². The maximum absolute atomic E-state index is 13.2. The van der Waals surface area contributed by atoms with Crippen LogP contribution in [0.5, 0.6) is 5.75 Å². The number of methoxy groups -OCH3 is 1. The Morgan fingerprint density at radius 1 is 1.03 bits per heavy atom. The van der Waals surface area contributed by atoms with Crippen molar-refractivity contribution < 1.29 is 24.4 Å². The van der Waals surface area contributed by atoms with Crippen LogP contribution in [0.1, 0.15) is 22.7 Å². The van der Waals surface area contributed by atoms with E-state index in [9.17, 15) is 24.8 Å². The van der Waals surface area contributed by atoms with Crippen LogP contribution in [0.3, 0.4) is 0 Å².